The van der Waals surface area contributed by atoms with Gasteiger partial charge < -0.3 is 5.11 Å². The van der Waals surface area contributed by atoms with Crippen LogP contribution in [0.3, 0.4) is 0 Å². The largest absolute Gasteiger partial charge is 0.393 e. The zero-order valence-corrected chi connectivity index (χ0v) is 11.5. The van der Waals surface area contributed by atoms with Crippen LogP contribution < -0.4 is 0 Å². The first-order chi connectivity index (χ1) is 8.41. The third-order valence-corrected chi connectivity index (χ3v) is 5.31. The van der Waals surface area contributed by atoms with Gasteiger partial charge in [0.15, 0.2) is 0 Å². The highest BCUT2D eigenvalue weighted by Crippen LogP contribution is 2.24. The molecule has 5 heteroatoms. The summed E-state index contributed by atoms with van der Waals surface area (Å²) >= 11 is 0. The second-order valence-electron chi connectivity index (χ2n) is 5.01. The van der Waals surface area contributed by atoms with Gasteiger partial charge in [-0.1, -0.05) is 19.1 Å². The fraction of sp³-hybridized carbons (Fsp3) is 0.538. The molecule has 2 atom stereocenters. The number of aryl methyl sites for hydroxylation is 1. The lowest BCUT2D eigenvalue weighted by atomic mass is 9.99. The molecule has 1 saturated heterocycles. The van der Waals surface area contributed by atoms with Gasteiger partial charge in [0.2, 0.25) is 10.0 Å². The maximum Gasteiger partial charge on any atom is 0.243 e. The Morgan fingerprint density at radius 3 is 2.72 bits per heavy atom. The summed E-state index contributed by atoms with van der Waals surface area (Å²) in [4.78, 5) is 0.339. The van der Waals surface area contributed by atoms with Gasteiger partial charge >= 0.3 is 0 Å². The van der Waals surface area contributed by atoms with Gasteiger partial charge in [0, 0.05) is 13.1 Å². The van der Waals surface area contributed by atoms with Crippen molar-refractivity contribution in [2.24, 2.45) is 5.92 Å². The summed E-state index contributed by atoms with van der Waals surface area (Å²) in [6.45, 7) is 4.53. The molecule has 1 fully saturated rings. The van der Waals surface area contributed by atoms with E-state index in [2.05, 4.69) is 0 Å². The third kappa shape index (κ3) is 2.58. The molecular formula is C13H19NO3S. The topological polar surface area (TPSA) is 57.6 Å². The summed E-state index contributed by atoms with van der Waals surface area (Å²) in [6.07, 6.45) is 0.112. The standard InChI is InChI=1S/C13H19NO3S/c1-10-4-3-5-12(8-10)18(16,17)14-7-6-13(15)11(2)9-14/h3-5,8,11,13,15H,6-7,9H2,1-2H3. The molecule has 1 aliphatic rings. The van der Waals surface area contributed by atoms with Crippen molar-refractivity contribution in [3.05, 3.63) is 29.8 Å². The number of aliphatic hydroxyl groups is 1. The molecule has 1 aromatic rings. The van der Waals surface area contributed by atoms with Crippen molar-refractivity contribution >= 4 is 10.0 Å². The molecule has 0 aliphatic carbocycles. The predicted molar refractivity (Wildman–Crippen MR) is 69.7 cm³/mol. The second kappa shape index (κ2) is 4.99. The monoisotopic (exact) mass is 269 g/mol. The van der Waals surface area contributed by atoms with Crippen LogP contribution in [0.25, 0.3) is 0 Å². The Morgan fingerprint density at radius 1 is 1.39 bits per heavy atom. The van der Waals surface area contributed by atoms with Crippen molar-refractivity contribution in [2.75, 3.05) is 13.1 Å². The summed E-state index contributed by atoms with van der Waals surface area (Å²) in [5, 5.41) is 9.65. The van der Waals surface area contributed by atoms with Gasteiger partial charge in [-0.25, -0.2) is 8.42 Å². The van der Waals surface area contributed by atoms with Crippen molar-refractivity contribution < 1.29 is 13.5 Å². The minimum atomic E-state index is -3.42. The van der Waals surface area contributed by atoms with E-state index in [1.807, 2.05) is 19.9 Å². The number of aliphatic hydroxyl groups excluding tert-OH is 1. The Morgan fingerprint density at radius 2 is 2.11 bits per heavy atom. The molecule has 2 rings (SSSR count). The van der Waals surface area contributed by atoms with E-state index < -0.39 is 16.1 Å². The fourth-order valence-electron chi connectivity index (χ4n) is 2.24. The van der Waals surface area contributed by atoms with Gasteiger partial charge in [-0.3, -0.25) is 0 Å². The molecule has 0 aromatic heterocycles. The van der Waals surface area contributed by atoms with E-state index in [9.17, 15) is 13.5 Å². The summed E-state index contributed by atoms with van der Waals surface area (Å²) in [5.74, 6) is -0.0154. The molecule has 1 heterocycles. The van der Waals surface area contributed by atoms with E-state index in [1.54, 1.807) is 18.2 Å². The van der Waals surface area contributed by atoms with Gasteiger partial charge in [-0.2, -0.15) is 4.31 Å². The SMILES string of the molecule is Cc1cccc(S(=O)(=O)N2CCC(O)C(C)C2)c1. The van der Waals surface area contributed by atoms with Gasteiger partial charge in [-0.05, 0) is 37.0 Å². The lowest BCUT2D eigenvalue weighted by Crippen LogP contribution is -2.44. The van der Waals surface area contributed by atoms with Crippen LogP contribution in [0.4, 0.5) is 0 Å². The molecule has 2 unspecified atom stereocenters. The van der Waals surface area contributed by atoms with Gasteiger partial charge in [-0.15, -0.1) is 0 Å². The summed E-state index contributed by atoms with van der Waals surface area (Å²) in [6, 6.07) is 6.94. The molecule has 0 amide bonds. The fourth-order valence-corrected chi connectivity index (χ4v) is 3.90. The molecule has 0 saturated carbocycles. The molecule has 4 nitrogen and oxygen atoms in total. The number of nitrogens with zero attached hydrogens (tertiary/aromatic N) is 1. The van der Waals surface area contributed by atoms with Crippen LogP contribution in [0.5, 0.6) is 0 Å². The van der Waals surface area contributed by atoms with Crippen LogP contribution in [0, 0.1) is 12.8 Å². The lowest BCUT2D eigenvalue weighted by molar-refractivity contribution is 0.0628. The quantitative estimate of drug-likeness (QED) is 0.882. The zero-order valence-electron chi connectivity index (χ0n) is 10.7. The minimum absolute atomic E-state index is 0.0154. The highest BCUT2D eigenvalue weighted by Gasteiger charge is 2.32. The molecule has 1 aromatic carbocycles. The van der Waals surface area contributed by atoms with Gasteiger partial charge in [0.1, 0.15) is 0 Å². The van der Waals surface area contributed by atoms with Crippen LogP contribution in [0.1, 0.15) is 18.9 Å². The van der Waals surface area contributed by atoms with Crippen LogP contribution in [0.2, 0.25) is 0 Å². The predicted octanol–water partition coefficient (Wildman–Crippen LogP) is 1.39. The van der Waals surface area contributed by atoms with Gasteiger partial charge in [0.05, 0.1) is 11.0 Å². The van der Waals surface area contributed by atoms with Crippen LogP contribution in [-0.4, -0.2) is 37.0 Å². The van der Waals surface area contributed by atoms with E-state index in [1.165, 1.54) is 4.31 Å². The molecule has 100 valence electrons. The maximum atomic E-state index is 12.4. The number of sulfonamides is 1. The van der Waals surface area contributed by atoms with Crippen molar-refractivity contribution in [1.29, 1.82) is 0 Å². The average molecular weight is 269 g/mol. The third-order valence-electron chi connectivity index (χ3n) is 3.45. The highest BCUT2D eigenvalue weighted by molar-refractivity contribution is 7.89. The second-order valence-corrected chi connectivity index (χ2v) is 6.95. The molecule has 0 bridgehead atoms. The molecular weight excluding hydrogens is 250 g/mol. The maximum absolute atomic E-state index is 12.4. The number of hydrogen-bond acceptors (Lipinski definition) is 3. The van der Waals surface area contributed by atoms with Crippen molar-refractivity contribution in [3.8, 4) is 0 Å². The Balaban J connectivity index is 2.27. The number of hydrogen-bond donors (Lipinski definition) is 1. The first-order valence-corrected chi connectivity index (χ1v) is 7.60. The van der Waals surface area contributed by atoms with Crippen molar-refractivity contribution in [2.45, 2.75) is 31.3 Å². The van der Waals surface area contributed by atoms with Crippen molar-refractivity contribution in [3.63, 3.8) is 0 Å². The number of piperidine rings is 1. The van der Waals surface area contributed by atoms with E-state index in [4.69, 9.17) is 0 Å². The van der Waals surface area contributed by atoms with Crippen LogP contribution >= 0.6 is 0 Å². The van der Waals surface area contributed by atoms with E-state index in [0.717, 1.165) is 5.56 Å². The van der Waals surface area contributed by atoms with E-state index in [0.29, 0.717) is 24.4 Å². The normalized spacial score (nSPS) is 26.2. The summed E-state index contributed by atoms with van der Waals surface area (Å²) in [5.41, 5.74) is 0.932. The van der Waals surface area contributed by atoms with Crippen LogP contribution in [-0.2, 0) is 10.0 Å². The Labute approximate surface area is 108 Å². The molecule has 0 radical (unpaired) electrons. The smallest absolute Gasteiger partial charge is 0.243 e. The van der Waals surface area contributed by atoms with Crippen molar-refractivity contribution in [1.82, 2.24) is 4.31 Å². The van der Waals surface area contributed by atoms with E-state index >= 15 is 0 Å². The molecule has 1 N–H and O–H groups in total. The zero-order chi connectivity index (χ0) is 13.3. The first-order valence-electron chi connectivity index (χ1n) is 6.16. The van der Waals surface area contributed by atoms with Gasteiger partial charge in [0.25, 0.3) is 0 Å². The Kier molecular flexibility index (Phi) is 3.75. The molecule has 18 heavy (non-hydrogen) atoms. The minimum Gasteiger partial charge on any atom is -0.393 e. The first kappa shape index (κ1) is 13.5. The van der Waals surface area contributed by atoms with Crippen LogP contribution in [0.15, 0.2) is 29.2 Å². The highest BCUT2D eigenvalue weighted by atomic mass is 32.2. The number of benzene rings is 1. The lowest BCUT2D eigenvalue weighted by Gasteiger charge is -2.33. The Bertz CT molecular complexity index is 527. The molecule has 1 aliphatic heterocycles. The average Bonchev–Trinajstić information content (AvgIpc) is 2.32. The Hall–Kier alpha value is -0.910. The number of rotatable bonds is 2. The summed E-state index contributed by atoms with van der Waals surface area (Å²) < 4.78 is 26.3. The summed E-state index contributed by atoms with van der Waals surface area (Å²) in [7, 11) is -3.42. The van der Waals surface area contributed by atoms with E-state index in [-0.39, 0.29) is 5.92 Å². The molecule has 0 spiro atoms.